The lowest BCUT2D eigenvalue weighted by Crippen LogP contribution is -1.97. The van der Waals surface area contributed by atoms with Crippen LogP contribution in [0.2, 0.25) is 5.28 Å². The van der Waals surface area contributed by atoms with Crippen molar-refractivity contribution in [1.82, 2.24) is 15.0 Å². The van der Waals surface area contributed by atoms with Crippen LogP contribution in [0.4, 0.5) is 0 Å². The van der Waals surface area contributed by atoms with Crippen LogP contribution in [-0.4, -0.2) is 15.0 Å². The minimum atomic E-state index is 0.183. The first-order chi connectivity index (χ1) is 12.7. The van der Waals surface area contributed by atoms with E-state index in [1.165, 1.54) is 0 Å². The second-order valence-corrected chi connectivity index (χ2v) is 5.48. The molecular weight excluding hydrogens is 342 g/mol. The van der Waals surface area contributed by atoms with E-state index in [1.54, 1.807) is 0 Å². The number of allylic oxidation sites excluding steroid dienone is 3. The average Bonchev–Trinajstić information content (AvgIpc) is 2.71. The summed E-state index contributed by atoms with van der Waals surface area (Å²) in [4.78, 5) is 13.0. The van der Waals surface area contributed by atoms with Crippen LogP contribution in [0, 0.1) is 0 Å². The summed E-state index contributed by atoms with van der Waals surface area (Å²) in [6.45, 7) is 11.8. The molecule has 3 rings (SSSR count). The molecule has 3 nitrogen and oxygen atoms in total. The quantitative estimate of drug-likeness (QED) is 0.407. The Balaban J connectivity index is 0.00000117. The monoisotopic (exact) mass is 361 g/mol. The van der Waals surface area contributed by atoms with E-state index in [-0.39, 0.29) is 5.28 Å². The molecule has 0 saturated heterocycles. The molecule has 0 bridgehead atoms. The van der Waals surface area contributed by atoms with Gasteiger partial charge in [-0.2, -0.15) is 9.97 Å². The van der Waals surface area contributed by atoms with Gasteiger partial charge in [-0.05, 0) is 29.7 Å². The highest BCUT2D eigenvalue weighted by atomic mass is 35.5. The standard InChI is InChI=1S/C20H16ClN3.C2H4/c1-3-14(4-2)15-10-12-17(13-11-15)19-22-18(23-20(21)24-19)16-8-6-5-7-9-16;1-2/h3-13H,1H2,2H3;1-2H2/b14-4+;. The van der Waals surface area contributed by atoms with Gasteiger partial charge >= 0.3 is 0 Å². The van der Waals surface area contributed by atoms with Crippen molar-refractivity contribution in [2.75, 3.05) is 0 Å². The van der Waals surface area contributed by atoms with Crippen LogP contribution in [0.25, 0.3) is 28.3 Å². The smallest absolute Gasteiger partial charge is 0.208 e. The molecule has 0 unspecified atom stereocenters. The van der Waals surface area contributed by atoms with Gasteiger partial charge in [-0.1, -0.05) is 73.3 Å². The fraction of sp³-hybridized carbons (Fsp3) is 0.0455. The maximum absolute atomic E-state index is 6.09. The predicted octanol–water partition coefficient (Wildman–Crippen LogP) is 6.25. The fourth-order valence-electron chi connectivity index (χ4n) is 2.41. The molecule has 1 heterocycles. The molecule has 26 heavy (non-hydrogen) atoms. The summed E-state index contributed by atoms with van der Waals surface area (Å²) in [5, 5.41) is 0.183. The lowest BCUT2D eigenvalue weighted by molar-refractivity contribution is 1.07. The van der Waals surface area contributed by atoms with Crippen LogP contribution >= 0.6 is 11.6 Å². The summed E-state index contributed by atoms with van der Waals surface area (Å²) in [5.41, 5.74) is 3.97. The summed E-state index contributed by atoms with van der Waals surface area (Å²) in [7, 11) is 0. The maximum Gasteiger partial charge on any atom is 0.226 e. The number of rotatable bonds is 4. The minimum Gasteiger partial charge on any atom is -0.208 e. The number of hydrogen-bond donors (Lipinski definition) is 0. The summed E-state index contributed by atoms with van der Waals surface area (Å²) in [6.07, 6.45) is 3.86. The molecule has 2 aromatic carbocycles. The van der Waals surface area contributed by atoms with E-state index in [4.69, 9.17) is 11.6 Å². The molecule has 0 N–H and O–H groups in total. The second kappa shape index (κ2) is 9.44. The van der Waals surface area contributed by atoms with E-state index in [1.807, 2.05) is 73.7 Å². The Hall–Kier alpha value is -3.04. The Morgan fingerprint density at radius 1 is 0.846 bits per heavy atom. The minimum absolute atomic E-state index is 0.183. The van der Waals surface area contributed by atoms with Gasteiger partial charge in [-0.3, -0.25) is 0 Å². The van der Waals surface area contributed by atoms with Gasteiger partial charge in [0.15, 0.2) is 11.6 Å². The van der Waals surface area contributed by atoms with Crippen LogP contribution in [0.3, 0.4) is 0 Å². The molecule has 0 radical (unpaired) electrons. The van der Waals surface area contributed by atoms with E-state index in [2.05, 4.69) is 34.7 Å². The molecule has 0 spiro atoms. The normalized spacial score (nSPS) is 10.6. The van der Waals surface area contributed by atoms with Crippen molar-refractivity contribution in [3.05, 3.63) is 97.3 Å². The van der Waals surface area contributed by atoms with Crippen molar-refractivity contribution in [2.24, 2.45) is 0 Å². The molecule has 3 aromatic rings. The van der Waals surface area contributed by atoms with Gasteiger partial charge in [0.25, 0.3) is 0 Å². The molecule has 4 heteroatoms. The Kier molecular flexibility index (Phi) is 7.01. The highest BCUT2D eigenvalue weighted by molar-refractivity contribution is 6.28. The number of halogens is 1. The predicted molar refractivity (Wildman–Crippen MR) is 111 cm³/mol. The Morgan fingerprint density at radius 3 is 1.88 bits per heavy atom. The number of benzene rings is 2. The molecule has 0 fully saturated rings. The van der Waals surface area contributed by atoms with Gasteiger partial charge in [-0.25, -0.2) is 4.98 Å². The summed E-state index contributed by atoms with van der Waals surface area (Å²) in [6, 6.07) is 17.7. The molecule has 0 aliphatic rings. The van der Waals surface area contributed by atoms with Crippen LogP contribution in [0.5, 0.6) is 0 Å². The summed E-state index contributed by atoms with van der Waals surface area (Å²) in [5.74, 6) is 1.12. The number of hydrogen-bond acceptors (Lipinski definition) is 3. The maximum atomic E-state index is 6.09. The first-order valence-corrected chi connectivity index (χ1v) is 8.45. The van der Waals surface area contributed by atoms with Crippen molar-refractivity contribution in [3.8, 4) is 22.8 Å². The van der Waals surface area contributed by atoms with Crippen LogP contribution < -0.4 is 0 Å². The van der Waals surface area contributed by atoms with E-state index in [0.717, 1.165) is 22.3 Å². The van der Waals surface area contributed by atoms with Crippen LogP contribution in [0.1, 0.15) is 12.5 Å². The Labute approximate surface area is 159 Å². The van der Waals surface area contributed by atoms with Crippen molar-refractivity contribution in [1.29, 1.82) is 0 Å². The number of aromatic nitrogens is 3. The SMILES string of the molecule is C=C.C=C/C(=C\C)c1ccc(-c2nc(Cl)nc(-c3ccccc3)n2)cc1. The van der Waals surface area contributed by atoms with Gasteiger partial charge < -0.3 is 0 Å². The average molecular weight is 362 g/mol. The van der Waals surface area contributed by atoms with Crippen molar-refractivity contribution in [3.63, 3.8) is 0 Å². The molecule has 0 aliphatic heterocycles. The first-order valence-electron chi connectivity index (χ1n) is 8.08. The topological polar surface area (TPSA) is 38.7 Å². The largest absolute Gasteiger partial charge is 0.226 e. The van der Waals surface area contributed by atoms with E-state index < -0.39 is 0 Å². The summed E-state index contributed by atoms with van der Waals surface area (Å²) < 4.78 is 0. The Bertz CT molecular complexity index is 900. The van der Waals surface area contributed by atoms with Gasteiger partial charge in [-0.15, -0.1) is 13.2 Å². The summed E-state index contributed by atoms with van der Waals surface area (Å²) >= 11 is 6.09. The second-order valence-electron chi connectivity index (χ2n) is 5.14. The van der Waals surface area contributed by atoms with E-state index in [0.29, 0.717) is 11.6 Å². The lowest BCUT2D eigenvalue weighted by atomic mass is 10.0. The molecular formula is C22H20ClN3. The fourth-order valence-corrected chi connectivity index (χ4v) is 2.57. The third kappa shape index (κ3) is 4.52. The molecule has 0 aliphatic carbocycles. The van der Waals surface area contributed by atoms with E-state index in [9.17, 15) is 0 Å². The van der Waals surface area contributed by atoms with Gasteiger partial charge in [0, 0.05) is 11.1 Å². The van der Waals surface area contributed by atoms with Crippen LogP contribution in [0.15, 0.2) is 86.5 Å². The number of nitrogens with zero attached hydrogens (tertiary/aromatic N) is 3. The molecule has 1 aromatic heterocycles. The third-order valence-corrected chi connectivity index (χ3v) is 3.82. The zero-order valence-electron chi connectivity index (χ0n) is 14.7. The van der Waals surface area contributed by atoms with E-state index >= 15 is 0 Å². The highest BCUT2D eigenvalue weighted by Gasteiger charge is 2.09. The van der Waals surface area contributed by atoms with Crippen molar-refractivity contribution < 1.29 is 0 Å². The lowest BCUT2D eigenvalue weighted by Gasteiger charge is -2.06. The molecule has 0 amide bonds. The molecule has 130 valence electrons. The zero-order chi connectivity index (χ0) is 18.9. The van der Waals surface area contributed by atoms with Crippen LogP contribution in [-0.2, 0) is 0 Å². The third-order valence-electron chi connectivity index (χ3n) is 3.65. The van der Waals surface area contributed by atoms with Crippen molar-refractivity contribution >= 4 is 17.2 Å². The molecule has 0 atom stereocenters. The van der Waals surface area contributed by atoms with Gasteiger partial charge in [0.1, 0.15) is 0 Å². The highest BCUT2D eigenvalue weighted by Crippen LogP contribution is 2.23. The van der Waals surface area contributed by atoms with Crippen molar-refractivity contribution in [2.45, 2.75) is 6.92 Å². The first kappa shape index (κ1) is 19.3. The molecule has 0 saturated carbocycles. The van der Waals surface area contributed by atoms with Gasteiger partial charge in [0.2, 0.25) is 5.28 Å². The zero-order valence-corrected chi connectivity index (χ0v) is 15.4. The van der Waals surface area contributed by atoms with Gasteiger partial charge in [0.05, 0.1) is 0 Å². The Morgan fingerprint density at radius 2 is 1.38 bits per heavy atom.